The van der Waals surface area contributed by atoms with Crippen molar-refractivity contribution in [1.29, 1.82) is 0 Å². The fraction of sp³-hybridized carbons (Fsp3) is 0.333. The van der Waals surface area contributed by atoms with Gasteiger partial charge < -0.3 is 5.73 Å². The van der Waals surface area contributed by atoms with Crippen molar-refractivity contribution in [2.75, 3.05) is 5.75 Å². The molecule has 0 spiro atoms. The second kappa shape index (κ2) is 4.48. The quantitative estimate of drug-likeness (QED) is 0.731. The average Bonchev–Trinajstić information content (AvgIpc) is 2.03. The van der Waals surface area contributed by atoms with Crippen LogP contribution in [0.1, 0.15) is 6.92 Å². The first-order valence-electron chi connectivity index (χ1n) is 3.83. The van der Waals surface area contributed by atoms with E-state index in [1.807, 2.05) is 13.0 Å². The second-order valence-corrected chi connectivity index (χ2v) is 3.78. The van der Waals surface area contributed by atoms with Gasteiger partial charge in [-0.05, 0) is 19.1 Å². The third kappa shape index (κ3) is 2.83. The highest BCUT2D eigenvalue weighted by Crippen LogP contribution is 2.21. The first-order chi connectivity index (χ1) is 5.70. The monoisotopic (exact) mass is 185 g/mol. The lowest BCUT2D eigenvalue weighted by Gasteiger charge is -2.04. The van der Waals surface area contributed by atoms with Crippen molar-refractivity contribution in [3.8, 4) is 0 Å². The molecule has 12 heavy (non-hydrogen) atoms. The first-order valence-corrected chi connectivity index (χ1v) is 4.81. The fourth-order valence-electron chi connectivity index (χ4n) is 0.783. The Bertz CT molecular complexity index is 250. The summed E-state index contributed by atoms with van der Waals surface area (Å²) in [5.74, 6) is 0.587. The smallest absolute Gasteiger partial charge is 0.136 e. The molecule has 0 radical (unpaired) electrons. The van der Waals surface area contributed by atoms with Gasteiger partial charge in [-0.15, -0.1) is 11.8 Å². The number of halogens is 1. The largest absolute Gasteiger partial charge is 0.327 e. The normalized spacial score (nSPS) is 12.9. The van der Waals surface area contributed by atoms with Crippen LogP contribution in [0.5, 0.6) is 0 Å². The van der Waals surface area contributed by atoms with E-state index in [4.69, 9.17) is 5.73 Å². The van der Waals surface area contributed by atoms with Crippen LogP contribution >= 0.6 is 11.8 Å². The summed E-state index contributed by atoms with van der Waals surface area (Å²) in [6, 6.07) is 6.85. The predicted molar refractivity (Wildman–Crippen MR) is 50.8 cm³/mol. The van der Waals surface area contributed by atoms with Crippen LogP contribution in [0.25, 0.3) is 0 Å². The van der Waals surface area contributed by atoms with Crippen molar-refractivity contribution in [2.45, 2.75) is 17.9 Å². The summed E-state index contributed by atoms with van der Waals surface area (Å²) in [5, 5.41) is 0. The van der Waals surface area contributed by atoms with E-state index in [2.05, 4.69) is 0 Å². The van der Waals surface area contributed by atoms with E-state index in [9.17, 15) is 4.39 Å². The van der Waals surface area contributed by atoms with Crippen LogP contribution in [-0.2, 0) is 0 Å². The van der Waals surface area contributed by atoms with Gasteiger partial charge in [0, 0.05) is 16.7 Å². The molecule has 0 aliphatic rings. The Morgan fingerprint density at radius 1 is 1.50 bits per heavy atom. The van der Waals surface area contributed by atoms with Gasteiger partial charge in [0.2, 0.25) is 0 Å². The molecule has 2 N–H and O–H groups in total. The first kappa shape index (κ1) is 9.55. The van der Waals surface area contributed by atoms with Gasteiger partial charge in [0.05, 0.1) is 0 Å². The van der Waals surface area contributed by atoms with Crippen LogP contribution in [-0.4, -0.2) is 11.8 Å². The Morgan fingerprint density at radius 3 is 2.75 bits per heavy atom. The van der Waals surface area contributed by atoms with E-state index in [1.165, 1.54) is 17.8 Å². The summed E-state index contributed by atoms with van der Waals surface area (Å²) < 4.78 is 13.0. The van der Waals surface area contributed by atoms with Gasteiger partial charge in [0.15, 0.2) is 0 Å². The maximum Gasteiger partial charge on any atom is 0.136 e. The van der Waals surface area contributed by atoms with Crippen LogP contribution in [0.2, 0.25) is 0 Å². The topological polar surface area (TPSA) is 26.0 Å². The number of thioether (sulfide) groups is 1. The summed E-state index contributed by atoms with van der Waals surface area (Å²) in [5.41, 5.74) is 5.55. The zero-order chi connectivity index (χ0) is 8.97. The summed E-state index contributed by atoms with van der Waals surface area (Å²) in [7, 11) is 0. The van der Waals surface area contributed by atoms with E-state index >= 15 is 0 Å². The zero-order valence-electron chi connectivity index (χ0n) is 6.96. The Labute approximate surface area is 76.2 Å². The van der Waals surface area contributed by atoms with Crippen molar-refractivity contribution in [3.05, 3.63) is 30.1 Å². The SMILES string of the molecule is C[C@@H](N)CSc1ccccc1F. The van der Waals surface area contributed by atoms with Crippen molar-refractivity contribution in [2.24, 2.45) is 5.73 Å². The van der Waals surface area contributed by atoms with Gasteiger partial charge in [-0.1, -0.05) is 12.1 Å². The van der Waals surface area contributed by atoms with Gasteiger partial charge in [-0.2, -0.15) is 0 Å². The van der Waals surface area contributed by atoms with Crippen molar-refractivity contribution in [3.63, 3.8) is 0 Å². The van der Waals surface area contributed by atoms with E-state index in [0.29, 0.717) is 4.90 Å². The standard InChI is InChI=1S/C9H12FNS/c1-7(11)6-12-9-5-3-2-4-8(9)10/h2-5,7H,6,11H2,1H3/t7-/m1/s1. The molecule has 0 bridgehead atoms. The summed E-state index contributed by atoms with van der Waals surface area (Å²) in [4.78, 5) is 0.676. The minimum absolute atomic E-state index is 0.106. The van der Waals surface area contributed by atoms with Crippen molar-refractivity contribution in [1.82, 2.24) is 0 Å². The van der Waals surface area contributed by atoms with Crippen LogP contribution in [0, 0.1) is 5.82 Å². The Kier molecular flexibility index (Phi) is 3.56. The Hall–Kier alpha value is -0.540. The minimum Gasteiger partial charge on any atom is -0.327 e. The van der Waals surface area contributed by atoms with E-state index in [1.54, 1.807) is 12.1 Å². The molecule has 3 heteroatoms. The molecule has 0 aliphatic carbocycles. The molecule has 0 saturated carbocycles. The Balaban J connectivity index is 2.57. The van der Waals surface area contributed by atoms with Crippen LogP contribution in [0.15, 0.2) is 29.2 Å². The van der Waals surface area contributed by atoms with E-state index < -0.39 is 0 Å². The van der Waals surface area contributed by atoms with E-state index in [-0.39, 0.29) is 11.9 Å². The fourth-order valence-corrected chi connectivity index (χ4v) is 1.61. The lowest BCUT2D eigenvalue weighted by molar-refractivity contribution is 0.602. The van der Waals surface area contributed by atoms with E-state index in [0.717, 1.165) is 5.75 Å². The Morgan fingerprint density at radius 2 is 2.17 bits per heavy atom. The molecule has 0 saturated heterocycles. The van der Waals surface area contributed by atoms with Gasteiger partial charge in [-0.3, -0.25) is 0 Å². The van der Waals surface area contributed by atoms with Crippen molar-refractivity contribution >= 4 is 11.8 Å². The third-order valence-corrected chi connectivity index (χ3v) is 2.67. The molecule has 1 aromatic rings. The molecule has 0 aliphatic heterocycles. The van der Waals surface area contributed by atoms with Gasteiger partial charge in [-0.25, -0.2) is 4.39 Å². The molecule has 1 rings (SSSR count). The molecule has 1 aromatic carbocycles. The molecule has 0 heterocycles. The summed E-state index contributed by atoms with van der Waals surface area (Å²) >= 11 is 1.46. The minimum atomic E-state index is -0.164. The lowest BCUT2D eigenvalue weighted by atomic mass is 10.3. The van der Waals surface area contributed by atoms with Gasteiger partial charge in [0.25, 0.3) is 0 Å². The average molecular weight is 185 g/mol. The molecule has 0 aromatic heterocycles. The van der Waals surface area contributed by atoms with Gasteiger partial charge in [0.1, 0.15) is 5.82 Å². The molecule has 0 fully saturated rings. The van der Waals surface area contributed by atoms with Crippen LogP contribution in [0.4, 0.5) is 4.39 Å². The molecule has 0 amide bonds. The highest BCUT2D eigenvalue weighted by atomic mass is 32.2. The molecule has 1 atom stereocenters. The highest BCUT2D eigenvalue weighted by molar-refractivity contribution is 7.99. The lowest BCUT2D eigenvalue weighted by Crippen LogP contribution is -2.17. The molecule has 1 nitrogen and oxygen atoms in total. The maximum atomic E-state index is 13.0. The zero-order valence-corrected chi connectivity index (χ0v) is 7.77. The van der Waals surface area contributed by atoms with Crippen LogP contribution in [0.3, 0.4) is 0 Å². The number of rotatable bonds is 3. The van der Waals surface area contributed by atoms with Crippen molar-refractivity contribution < 1.29 is 4.39 Å². The van der Waals surface area contributed by atoms with Gasteiger partial charge >= 0.3 is 0 Å². The maximum absolute atomic E-state index is 13.0. The third-order valence-electron chi connectivity index (χ3n) is 1.34. The highest BCUT2D eigenvalue weighted by Gasteiger charge is 2.01. The number of hydrogen-bond acceptors (Lipinski definition) is 2. The molecular weight excluding hydrogens is 173 g/mol. The molecular formula is C9H12FNS. The predicted octanol–water partition coefficient (Wildman–Crippen LogP) is 2.27. The molecule has 0 unspecified atom stereocenters. The summed E-state index contributed by atoms with van der Waals surface area (Å²) in [6.45, 7) is 1.91. The molecule has 66 valence electrons. The number of hydrogen-bond donors (Lipinski definition) is 1. The van der Waals surface area contributed by atoms with Crippen LogP contribution < -0.4 is 5.73 Å². The summed E-state index contributed by atoms with van der Waals surface area (Å²) in [6.07, 6.45) is 0. The number of nitrogens with two attached hydrogens (primary N) is 1. The second-order valence-electron chi connectivity index (χ2n) is 2.72. The number of benzene rings is 1.